The Morgan fingerprint density at radius 1 is 1.25 bits per heavy atom. The van der Waals surface area contributed by atoms with E-state index in [0.717, 1.165) is 37.2 Å². The van der Waals surface area contributed by atoms with Crippen molar-refractivity contribution < 1.29 is 9.53 Å². The highest BCUT2D eigenvalue weighted by molar-refractivity contribution is 5.86. The van der Waals surface area contributed by atoms with Gasteiger partial charge in [-0.2, -0.15) is 5.10 Å². The molecular formula is C19H27N7O2. The molecule has 1 amide bonds. The van der Waals surface area contributed by atoms with Gasteiger partial charge >= 0.3 is 0 Å². The number of H-pyrrole nitrogens is 1. The third kappa shape index (κ3) is 5.21. The number of carbonyl (C=O) groups is 1. The molecule has 0 saturated carbocycles. The third-order valence-electron chi connectivity index (χ3n) is 4.48. The fourth-order valence-electron chi connectivity index (χ4n) is 2.97. The van der Waals surface area contributed by atoms with Crippen LogP contribution in [-0.2, 0) is 11.3 Å². The van der Waals surface area contributed by atoms with Gasteiger partial charge in [-0.1, -0.05) is 0 Å². The summed E-state index contributed by atoms with van der Waals surface area (Å²) in [7, 11) is 1.63. The summed E-state index contributed by atoms with van der Waals surface area (Å²) in [5.41, 5.74) is 0.897. The van der Waals surface area contributed by atoms with E-state index in [1.165, 1.54) is 0 Å². The number of benzene rings is 1. The minimum Gasteiger partial charge on any atom is -0.497 e. The Hall–Kier alpha value is -3.10. The Balaban J connectivity index is 1.57. The number of ether oxygens (including phenoxy) is 1. The van der Waals surface area contributed by atoms with Gasteiger partial charge in [0.15, 0.2) is 11.8 Å². The maximum absolute atomic E-state index is 12.2. The van der Waals surface area contributed by atoms with Gasteiger partial charge in [-0.3, -0.25) is 9.89 Å². The zero-order valence-electron chi connectivity index (χ0n) is 16.4. The molecule has 0 spiro atoms. The van der Waals surface area contributed by atoms with Crippen molar-refractivity contribution in [3.05, 3.63) is 30.1 Å². The highest BCUT2D eigenvalue weighted by Crippen LogP contribution is 2.19. The van der Waals surface area contributed by atoms with E-state index in [2.05, 4.69) is 30.8 Å². The molecule has 1 aliphatic heterocycles. The van der Waals surface area contributed by atoms with E-state index in [4.69, 9.17) is 4.74 Å². The lowest BCUT2D eigenvalue weighted by Gasteiger charge is -2.17. The van der Waals surface area contributed by atoms with Crippen LogP contribution in [0.25, 0.3) is 11.4 Å². The van der Waals surface area contributed by atoms with Crippen LogP contribution in [0.2, 0.25) is 0 Å². The number of aliphatic imine (C=N–C) groups is 1. The first-order chi connectivity index (χ1) is 13.7. The predicted molar refractivity (Wildman–Crippen MR) is 107 cm³/mol. The first-order valence-electron chi connectivity index (χ1n) is 9.55. The first kappa shape index (κ1) is 19.7. The number of amides is 1. The van der Waals surface area contributed by atoms with Gasteiger partial charge in [0.25, 0.3) is 0 Å². The maximum atomic E-state index is 12.2. The smallest absolute Gasteiger partial charge is 0.241 e. The number of guanidine groups is 1. The molecule has 9 nitrogen and oxygen atoms in total. The Morgan fingerprint density at radius 3 is 2.68 bits per heavy atom. The van der Waals surface area contributed by atoms with Crippen molar-refractivity contribution in [2.75, 3.05) is 33.3 Å². The van der Waals surface area contributed by atoms with E-state index in [9.17, 15) is 4.79 Å². The number of likely N-dealkylation sites (tertiary alicyclic amines) is 1. The van der Waals surface area contributed by atoms with Gasteiger partial charge in [0.05, 0.1) is 13.7 Å². The van der Waals surface area contributed by atoms with Crippen LogP contribution in [0.5, 0.6) is 5.75 Å². The van der Waals surface area contributed by atoms with E-state index in [1.54, 1.807) is 7.11 Å². The normalized spacial score (nSPS) is 14.2. The Morgan fingerprint density at radius 2 is 2.00 bits per heavy atom. The number of hydrogen-bond donors (Lipinski definition) is 3. The van der Waals surface area contributed by atoms with Gasteiger partial charge in [0.2, 0.25) is 5.91 Å². The van der Waals surface area contributed by atoms with Crippen molar-refractivity contribution in [3.63, 3.8) is 0 Å². The lowest BCUT2D eigenvalue weighted by atomic mass is 10.2. The summed E-state index contributed by atoms with van der Waals surface area (Å²) in [6.45, 7) is 4.95. The van der Waals surface area contributed by atoms with Crippen molar-refractivity contribution in [1.29, 1.82) is 0 Å². The SMILES string of the molecule is CCNC(=NCc1nc(-c2ccc(OC)cc2)n[nH]1)NCC(=O)N1CCCC1. The molecule has 2 heterocycles. The second-order valence-corrected chi connectivity index (χ2v) is 6.47. The number of rotatable bonds is 7. The highest BCUT2D eigenvalue weighted by atomic mass is 16.5. The van der Waals surface area contributed by atoms with E-state index in [1.807, 2.05) is 36.1 Å². The summed E-state index contributed by atoms with van der Waals surface area (Å²) >= 11 is 0. The Bertz CT molecular complexity index is 795. The van der Waals surface area contributed by atoms with Gasteiger partial charge in [-0.15, -0.1) is 0 Å². The van der Waals surface area contributed by atoms with Crippen LogP contribution in [0.3, 0.4) is 0 Å². The molecule has 9 heteroatoms. The summed E-state index contributed by atoms with van der Waals surface area (Å²) in [6, 6.07) is 7.55. The van der Waals surface area contributed by atoms with E-state index >= 15 is 0 Å². The molecule has 1 saturated heterocycles. The number of aromatic amines is 1. The summed E-state index contributed by atoms with van der Waals surface area (Å²) in [5.74, 6) is 2.72. The number of hydrogen-bond acceptors (Lipinski definition) is 5. The van der Waals surface area contributed by atoms with Crippen molar-refractivity contribution in [2.24, 2.45) is 4.99 Å². The van der Waals surface area contributed by atoms with Crippen LogP contribution >= 0.6 is 0 Å². The molecule has 1 aliphatic rings. The predicted octanol–water partition coefficient (Wildman–Crippen LogP) is 1.16. The van der Waals surface area contributed by atoms with Gasteiger partial charge in [0, 0.05) is 25.2 Å². The average molecular weight is 385 g/mol. The van der Waals surface area contributed by atoms with Gasteiger partial charge in [-0.05, 0) is 44.0 Å². The topological polar surface area (TPSA) is 108 Å². The molecule has 0 bridgehead atoms. The lowest BCUT2D eigenvalue weighted by molar-refractivity contribution is -0.128. The minimum atomic E-state index is 0.101. The van der Waals surface area contributed by atoms with Crippen LogP contribution in [0.15, 0.2) is 29.3 Å². The van der Waals surface area contributed by atoms with Crippen LogP contribution in [0, 0.1) is 0 Å². The fraction of sp³-hybridized carbons (Fsp3) is 0.474. The zero-order valence-corrected chi connectivity index (χ0v) is 16.4. The third-order valence-corrected chi connectivity index (χ3v) is 4.48. The summed E-state index contributed by atoms with van der Waals surface area (Å²) in [5, 5.41) is 13.4. The molecule has 1 aromatic carbocycles. The van der Waals surface area contributed by atoms with Crippen LogP contribution in [-0.4, -0.2) is 65.2 Å². The summed E-state index contributed by atoms with van der Waals surface area (Å²) < 4.78 is 5.16. The fourth-order valence-corrected chi connectivity index (χ4v) is 2.97. The van der Waals surface area contributed by atoms with Crippen molar-refractivity contribution in [1.82, 2.24) is 30.7 Å². The molecule has 0 radical (unpaired) electrons. The Labute approximate surface area is 164 Å². The van der Waals surface area contributed by atoms with Crippen molar-refractivity contribution >= 4 is 11.9 Å². The van der Waals surface area contributed by atoms with Gasteiger partial charge < -0.3 is 20.3 Å². The summed E-state index contributed by atoms with van der Waals surface area (Å²) in [6.07, 6.45) is 2.17. The quantitative estimate of drug-likeness (QED) is 0.488. The van der Waals surface area contributed by atoms with E-state index in [0.29, 0.717) is 30.7 Å². The van der Waals surface area contributed by atoms with Crippen LogP contribution in [0.4, 0.5) is 0 Å². The molecule has 1 aromatic heterocycles. The molecule has 28 heavy (non-hydrogen) atoms. The van der Waals surface area contributed by atoms with E-state index < -0.39 is 0 Å². The van der Waals surface area contributed by atoms with Crippen molar-refractivity contribution in [2.45, 2.75) is 26.3 Å². The molecule has 1 fully saturated rings. The number of nitrogens with zero attached hydrogens (tertiary/aromatic N) is 4. The highest BCUT2D eigenvalue weighted by Gasteiger charge is 2.17. The van der Waals surface area contributed by atoms with Gasteiger partial charge in [0.1, 0.15) is 18.1 Å². The number of aromatic nitrogens is 3. The molecule has 0 aliphatic carbocycles. The number of nitrogens with one attached hydrogen (secondary N) is 3. The summed E-state index contributed by atoms with van der Waals surface area (Å²) in [4.78, 5) is 23.0. The molecule has 3 rings (SSSR count). The average Bonchev–Trinajstić information content (AvgIpc) is 3.42. The van der Waals surface area contributed by atoms with E-state index in [-0.39, 0.29) is 12.5 Å². The second-order valence-electron chi connectivity index (χ2n) is 6.47. The number of carbonyl (C=O) groups excluding carboxylic acids is 1. The van der Waals surface area contributed by atoms with Crippen molar-refractivity contribution in [3.8, 4) is 17.1 Å². The molecule has 0 unspecified atom stereocenters. The second kappa shape index (κ2) is 9.72. The molecular weight excluding hydrogens is 358 g/mol. The molecule has 0 atom stereocenters. The first-order valence-corrected chi connectivity index (χ1v) is 9.55. The van der Waals surface area contributed by atoms with Gasteiger partial charge in [-0.25, -0.2) is 9.98 Å². The lowest BCUT2D eigenvalue weighted by Crippen LogP contribution is -2.44. The maximum Gasteiger partial charge on any atom is 0.241 e. The van der Waals surface area contributed by atoms with Crippen LogP contribution < -0.4 is 15.4 Å². The minimum absolute atomic E-state index is 0.101. The molecule has 2 aromatic rings. The zero-order chi connectivity index (χ0) is 19.8. The standard InChI is InChI=1S/C19H27N7O2/c1-3-20-19(22-13-17(27)26-10-4-5-11-26)21-12-16-23-18(25-24-16)14-6-8-15(28-2)9-7-14/h6-9H,3-5,10-13H2,1-2H3,(H2,20,21,22)(H,23,24,25). The van der Waals surface area contributed by atoms with Crippen LogP contribution in [0.1, 0.15) is 25.6 Å². The Kier molecular flexibility index (Phi) is 6.83. The largest absolute Gasteiger partial charge is 0.497 e. The monoisotopic (exact) mass is 385 g/mol. The number of methoxy groups -OCH3 is 1. The molecule has 3 N–H and O–H groups in total. The molecule has 150 valence electrons.